The summed E-state index contributed by atoms with van der Waals surface area (Å²) in [5.74, 6) is -0.381. The number of amides is 1. The molecular formula is C17H20N2O3. The summed E-state index contributed by atoms with van der Waals surface area (Å²) in [6.07, 6.45) is 1.42. The minimum Gasteiger partial charge on any atom is -0.456 e. The van der Waals surface area contributed by atoms with Crippen molar-refractivity contribution in [2.75, 3.05) is 0 Å². The summed E-state index contributed by atoms with van der Waals surface area (Å²) in [7, 11) is 0. The van der Waals surface area contributed by atoms with Gasteiger partial charge in [-0.2, -0.15) is 0 Å². The van der Waals surface area contributed by atoms with E-state index < -0.39 is 0 Å². The van der Waals surface area contributed by atoms with Crippen molar-refractivity contribution >= 4 is 12.4 Å². The highest BCUT2D eigenvalue weighted by Gasteiger charge is 2.19. The zero-order valence-corrected chi connectivity index (χ0v) is 12.8. The third-order valence-corrected chi connectivity index (χ3v) is 3.60. The molecule has 0 radical (unpaired) electrons. The second kappa shape index (κ2) is 7.45. The van der Waals surface area contributed by atoms with Crippen molar-refractivity contribution in [3.63, 3.8) is 0 Å². The lowest BCUT2D eigenvalue weighted by atomic mass is 10.1. The first kappa shape index (κ1) is 15.8. The molecule has 2 rings (SSSR count). The van der Waals surface area contributed by atoms with Gasteiger partial charge in [0, 0.05) is 5.69 Å². The van der Waals surface area contributed by atoms with Crippen molar-refractivity contribution in [2.24, 2.45) is 0 Å². The largest absolute Gasteiger partial charge is 0.456 e. The zero-order chi connectivity index (χ0) is 15.9. The van der Waals surface area contributed by atoms with Crippen LogP contribution in [0.2, 0.25) is 0 Å². The van der Waals surface area contributed by atoms with Gasteiger partial charge in [0.05, 0.1) is 6.54 Å². The van der Waals surface area contributed by atoms with E-state index in [2.05, 4.69) is 10.3 Å². The monoisotopic (exact) mass is 300 g/mol. The van der Waals surface area contributed by atoms with Crippen LogP contribution in [0.15, 0.2) is 30.3 Å². The van der Waals surface area contributed by atoms with E-state index in [1.807, 2.05) is 44.2 Å². The number of aromatic amines is 1. The summed E-state index contributed by atoms with van der Waals surface area (Å²) in [5, 5.41) is 2.61. The smallest absolute Gasteiger partial charge is 0.355 e. The SMILES string of the molecule is CCc1c(CNC=O)[nH]c(C(=O)OCc2ccccc2)c1C. The second-order valence-corrected chi connectivity index (χ2v) is 5.00. The Morgan fingerprint density at radius 2 is 2.05 bits per heavy atom. The average Bonchev–Trinajstić information content (AvgIpc) is 2.87. The van der Waals surface area contributed by atoms with E-state index >= 15 is 0 Å². The molecule has 22 heavy (non-hydrogen) atoms. The number of esters is 1. The van der Waals surface area contributed by atoms with Crippen LogP contribution in [0.25, 0.3) is 0 Å². The van der Waals surface area contributed by atoms with Gasteiger partial charge in [-0.25, -0.2) is 4.79 Å². The molecule has 2 N–H and O–H groups in total. The van der Waals surface area contributed by atoms with Crippen LogP contribution in [0.1, 0.15) is 39.8 Å². The number of ether oxygens (including phenoxy) is 1. The van der Waals surface area contributed by atoms with Crippen LogP contribution in [0, 0.1) is 6.92 Å². The van der Waals surface area contributed by atoms with Crippen LogP contribution in [-0.2, 0) is 29.1 Å². The Morgan fingerprint density at radius 3 is 2.68 bits per heavy atom. The normalized spacial score (nSPS) is 10.3. The molecule has 0 unspecified atom stereocenters. The van der Waals surface area contributed by atoms with Crippen LogP contribution in [0.5, 0.6) is 0 Å². The lowest BCUT2D eigenvalue weighted by Gasteiger charge is -2.04. The van der Waals surface area contributed by atoms with Crippen LogP contribution < -0.4 is 5.32 Å². The summed E-state index contributed by atoms with van der Waals surface area (Å²) in [5.41, 5.74) is 4.16. The lowest BCUT2D eigenvalue weighted by molar-refractivity contribution is -0.109. The molecule has 1 aromatic carbocycles. The fourth-order valence-corrected chi connectivity index (χ4v) is 2.47. The predicted molar refractivity (Wildman–Crippen MR) is 83.4 cm³/mol. The first-order valence-corrected chi connectivity index (χ1v) is 7.25. The van der Waals surface area contributed by atoms with Crippen molar-refractivity contribution in [1.82, 2.24) is 10.3 Å². The molecule has 1 heterocycles. The number of hydrogen-bond acceptors (Lipinski definition) is 3. The Bertz CT molecular complexity index is 647. The van der Waals surface area contributed by atoms with E-state index in [0.29, 0.717) is 18.6 Å². The van der Waals surface area contributed by atoms with Crippen LogP contribution in [0.4, 0.5) is 0 Å². The van der Waals surface area contributed by atoms with Crippen molar-refractivity contribution in [3.8, 4) is 0 Å². The highest BCUT2D eigenvalue weighted by molar-refractivity contribution is 5.89. The van der Waals surface area contributed by atoms with Gasteiger partial charge in [0.2, 0.25) is 6.41 Å². The maximum Gasteiger partial charge on any atom is 0.355 e. The molecule has 0 fully saturated rings. The van der Waals surface area contributed by atoms with Gasteiger partial charge in [-0.15, -0.1) is 0 Å². The predicted octanol–water partition coefficient (Wildman–Crippen LogP) is 2.49. The van der Waals surface area contributed by atoms with Crippen LogP contribution in [-0.4, -0.2) is 17.4 Å². The van der Waals surface area contributed by atoms with Gasteiger partial charge in [-0.05, 0) is 30.0 Å². The topological polar surface area (TPSA) is 71.2 Å². The Kier molecular flexibility index (Phi) is 5.36. The van der Waals surface area contributed by atoms with Crippen LogP contribution >= 0.6 is 0 Å². The maximum atomic E-state index is 12.3. The summed E-state index contributed by atoms with van der Waals surface area (Å²) < 4.78 is 5.35. The standard InChI is InChI=1S/C17H20N2O3/c1-3-14-12(2)16(19-15(14)9-18-11-20)17(21)22-10-13-7-5-4-6-8-13/h4-8,11,19H,3,9-10H2,1-2H3,(H,18,20). The quantitative estimate of drug-likeness (QED) is 0.609. The molecule has 1 aromatic heterocycles. The molecule has 0 spiro atoms. The van der Waals surface area contributed by atoms with Gasteiger partial charge in [-0.1, -0.05) is 37.3 Å². The van der Waals surface area contributed by atoms with E-state index in [1.54, 1.807) is 0 Å². The summed E-state index contributed by atoms with van der Waals surface area (Å²) in [6.45, 7) is 4.51. The molecule has 5 heteroatoms. The van der Waals surface area contributed by atoms with E-state index in [9.17, 15) is 9.59 Å². The number of carbonyl (C=O) groups is 2. The Balaban J connectivity index is 2.11. The van der Waals surface area contributed by atoms with Gasteiger partial charge < -0.3 is 15.0 Å². The summed E-state index contributed by atoms with van der Waals surface area (Å²) in [6, 6.07) is 9.54. The minimum absolute atomic E-state index is 0.238. The fraction of sp³-hybridized carbons (Fsp3) is 0.294. The molecule has 0 aliphatic rings. The summed E-state index contributed by atoms with van der Waals surface area (Å²) in [4.78, 5) is 25.8. The molecule has 0 bridgehead atoms. The molecule has 0 saturated carbocycles. The number of H-pyrrole nitrogens is 1. The van der Waals surface area contributed by atoms with Gasteiger partial charge in [0.15, 0.2) is 0 Å². The highest BCUT2D eigenvalue weighted by atomic mass is 16.5. The molecule has 116 valence electrons. The van der Waals surface area contributed by atoms with Crippen molar-refractivity contribution in [1.29, 1.82) is 0 Å². The lowest BCUT2D eigenvalue weighted by Crippen LogP contribution is -2.12. The van der Waals surface area contributed by atoms with Gasteiger partial charge in [0.1, 0.15) is 12.3 Å². The summed E-state index contributed by atoms with van der Waals surface area (Å²) >= 11 is 0. The number of rotatable bonds is 7. The molecule has 0 aliphatic heterocycles. The Labute approximate surface area is 129 Å². The van der Waals surface area contributed by atoms with E-state index in [4.69, 9.17) is 4.74 Å². The second-order valence-electron chi connectivity index (χ2n) is 5.00. The number of aromatic nitrogens is 1. The van der Waals surface area contributed by atoms with Gasteiger partial charge in [0.25, 0.3) is 0 Å². The minimum atomic E-state index is -0.381. The third kappa shape index (κ3) is 3.55. The van der Waals surface area contributed by atoms with E-state index in [-0.39, 0.29) is 12.6 Å². The Hall–Kier alpha value is -2.56. The van der Waals surface area contributed by atoms with Crippen molar-refractivity contribution < 1.29 is 14.3 Å². The molecule has 0 aliphatic carbocycles. The van der Waals surface area contributed by atoms with Crippen molar-refractivity contribution in [3.05, 3.63) is 58.4 Å². The first-order valence-electron chi connectivity index (χ1n) is 7.25. The molecule has 5 nitrogen and oxygen atoms in total. The molecule has 0 atom stereocenters. The molecule has 1 amide bonds. The average molecular weight is 300 g/mol. The van der Waals surface area contributed by atoms with Gasteiger partial charge in [-0.3, -0.25) is 4.79 Å². The number of nitrogens with one attached hydrogen (secondary N) is 2. The third-order valence-electron chi connectivity index (χ3n) is 3.60. The number of benzene rings is 1. The van der Waals surface area contributed by atoms with Crippen molar-refractivity contribution in [2.45, 2.75) is 33.4 Å². The molecule has 2 aromatic rings. The van der Waals surface area contributed by atoms with E-state index in [1.165, 1.54) is 0 Å². The van der Waals surface area contributed by atoms with E-state index in [0.717, 1.165) is 28.8 Å². The number of carbonyl (C=O) groups excluding carboxylic acids is 2. The molecule has 0 saturated heterocycles. The molecular weight excluding hydrogens is 280 g/mol. The highest BCUT2D eigenvalue weighted by Crippen LogP contribution is 2.20. The Morgan fingerprint density at radius 1 is 1.32 bits per heavy atom. The fourth-order valence-electron chi connectivity index (χ4n) is 2.47. The van der Waals surface area contributed by atoms with Gasteiger partial charge >= 0.3 is 5.97 Å². The maximum absolute atomic E-state index is 12.3. The first-order chi connectivity index (χ1) is 10.7. The zero-order valence-electron chi connectivity index (χ0n) is 12.8. The van der Waals surface area contributed by atoms with Crippen LogP contribution in [0.3, 0.4) is 0 Å². The number of hydrogen-bond donors (Lipinski definition) is 2.